The molecule has 1 nitrogen and oxygen atoms in total. The summed E-state index contributed by atoms with van der Waals surface area (Å²) >= 11 is 2.00. The average molecular weight is 271 g/mol. The Morgan fingerprint density at radius 3 is 2.58 bits per heavy atom. The fourth-order valence-corrected chi connectivity index (χ4v) is 5.05. The predicted molar refractivity (Wildman–Crippen MR) is 80.2 cm³/mol. The van der Waals surface area contributed by atoms with Crippen molar-refractivity contribution >= 4 is 11.8 Å². The van der Waals surface area contributed by atoms with Crippen molar-refractivity contribution in [2.75, 3.05) is 0 Å². The van der Waals surface area contributed by atoms with Crippen LogP contribution in [-0.4, -0.2) is 5.25 Å². The minimum absolute atomic E-state index is 0.0315. The van der Waals surface area contributed by atoms with Crippen LogP contribution in [0.5, 0.6) is 0 Å². The minimum Gasteiger partial charge on any atom is -0.198 e. The Labute approximate surface area is 120 Å². The molecule has 19 heavy (non-hydrogen) atoms. The number of hydrogen-bond acceptors (Lipinski definition) is 2. The second kappa shape index (κ2) is 5.59. The molecule has 0 amide bonds. The molecule has 3 rings (SSSR count). The van der Waals surface area contributed by atoms with Gasteiger partial charge in [0.2, 0.25) is 0 Å². The smallest absolute Gasteiger partial charge is 0.0690 e. The van der Waals surface area contributed by atoms with Crippen molar-refractivity contribution in [3.63, 3.8) is 0 Å². The summed E-state index contributed by atoms with van der Waals surface area (Å²) in [6.45, 7) is 0. The van der Waals surface area contributed by atoms with Crippen LogP contribution in [0, 0.1) is 16.7 Å². The van der Waals surface area contributed by atoms with Gasteiger partial charge in [0.15, 0.2) is 0 Å². The van der Waals surface area contributed by atoms with Crippen LogP contribution in [0.4, 0.5) is 0 Å². The highest BCUT2D eigenvalue weighted by Gasteiger charge is 2.36. The molecule has 2 heteroatoms. The van der Waals surface area contributed by atoms with Crippen LogP contribution in [0.25, 0.3) is 0 Å². The molecule has 0 saturated heterocycles. The van der Waals surface area contributed by atoms with Gasteiger partial charge in [-0.2, -0.15) is 5.26 Å². The Morgan fingerprint density at radius 2 is 1.89 bits per heavy atom. The maximum absolute atomic E-state index is 9.68. The molecule has 0 N–H and O–H groups in total. The summed E-state index contributed by atoms with van der Waals surface area (Å²) in [6, 6.07) is 11.4. The van der Waals surface area contributed by atoms with Crippen molar-refractivity contribution in [2.24, 2.45) is 5.41 Å². The van der Waals surface area contributed by atoms with Crippen molar-refractivity contribution in [3.05, 3.63) is 29.8 Å². The van der Waals surface area contributed by atoms with E-state index in [0.29, 0.717) is 5.25 Å². The number of hydrogen-bond donors (Lipinski definition) is 0. The van der Waals surface area contributed by atoms with Crippen LogP contribution in [0.15, 0.2) is 29.2 Å². The number of thioether (sulfide) groups is 1. The lowest BCUT2D eigenvalue weighted by Gasteiger charge is -2.27. The van der Waals surface area contributed by atoms with Gasteiger partial charge < -0.3 is 0 Å². The van der Waals surface area contributed by atoms with E-state index in [1.807, 2.05) is 11.8 Å². The first-order chi connectivity index (χ1) is 9.31. The number of nitriles is 1. The fraction of sp³-hybridized carbons (Fsp3) is 0.588. The summed E-state index contributed by atoms with van der Waals surface area (Å²) in [5.74, 6) is 0. The normalized spacial score (nSPS) is 25.3. The van der Waals surface area contributed by atoms with Gasteiger partial charge in [0.1, 0.15) is 0 Å². The highest BCUT2D eigenvalue weighted by molar-refractivity contribution is 8.00. The Bertz CT molecular complexity index is 455. The van der Waals surface area contributed by atoms with Crippen molar-refractivity contribution < 1.29 is 0 Å². The monoisotopic (exact) mass is 271 g/mol. The molecule has 2 aliphatic rings. The van der Waals surface area contributed by atoms with Gasteiger partial charge in [0, 0.05) is 10.1 Å². The van der Waals surface area contributed by atoms with E-state index in [0.717, 1.165) is 25.7 Å². The lowest BCUT2D eigenvalue weighted by molar-refractivity contribution is 0.312. The largest absolute Gasteiger partial charge is 0.198 e. The summed E-state index contributed by atoms with van der Waals surface area (Å²) in [5.41, 5.74) is 1.45. The van der Waals surface area contributed by atoms with Crippen molar-refractivity contribution in [1.29, 1.82) is 5.26 Å². The van der Waals surface area contributed by atoms with Crippen molar-refractivity contribution in [1.82, 2.24) is 0 Å². The van der Waals surface area contributed by atoms with E-state index in [-0.39, 0.29) is 5.41 Å². The Kier molecular flexibility index (Phi) is 3.84. The summed E-state index contributed by atoms with van der Waals surface area (Å²) in [5, 5.41) is 10.3. The molecular formula is C17H21NS. The molecule has 1 aromatic carbocycles. The molecule has 1 aromatic rings. The van der Waals surface area contributed by atoms with E-state index in [4.69, 9.17) is 0 Å². The van der Waals surface area contributed by atoms with Gasteiger partial charge in [-0.25, -0.2) is 0 Å². The van der Waals surface area contributed by atoms with E-state index >= 15 is 0 Å². The number of nitrogens with zero attached hydrogens (tertiary/aromatic N) is 1. The maximum Gasteiger partial charge on any atom is 0.0690 e. The molecule has 1 aliphatic heterocycles. The molecular weight excluding hydrogens is 250 g/mol. The quantitative estimate of drug-likeness (QED) is 0.710. The highest BCUT2D eigenvalue weighted by Crippen LogP contribution is 2.46. The van der Waals surface area contributed by atoms with Gasteiger partial charge in [0.05, 0.1) is 11.5 Å². The van der Waals surface area contributed by atoms with Crippen LogP contribution in [0.3, 0.4) is 0 Å². The first kappa shape index (κ1) is 13.1. The van der Waals surface area contributed by atoms with Gasteiger partial charge in [-0.05, 0) is 37.3 Å². The average Bonchev–Trinajstić information content (AvgIpc) is 2.69. The molecule has 100 valence electrons. The van der Waals surface area contributed by atoms with Crippen molar-refractivity contribution in [2.45, 2.75) is 61.5 Å². The zero-order chi connectivity index (χ0) is 13.1. The standard InChI is InChI=1S/C17H21NS/c18-13-17(9-5-1-2-6-10-17)12-15-11-14-7-3-4-8-16(14)19-15/h3-4,7-8,15H,1-2,5-6,9-12H2. The molecule has 0 spiro atoms. The van der Waals surface area contributed by atoms with Crippen LogP contribution in [-0.2, 0) is 6.42 Å². The van der Waals surface area contributed by atoms with Gasteiger partial charge in [-0.1, -0.05) is 43.9 Å². The van der Waals surface area contributed by atoms with Gasteiger partial charge in [0.25, 0.3) is 0 Å². The second-order valence-corrected chi connectivity index (χ2v) is 7.40. The van der Waals surface area contributed by atoms with Crippen LogP contribution < -0.4 is 0 Å². The highest BCUT2D eigenvalue weighted by atomic mass is 32.2. The van der Waals surface area contributed by atoms with Gasteiger partial charge in [-0.15, -0.1) is 11.8 Å². The summed E-state index contributed by atoms with van der Waals surface area (Å²) in [6.07, 6.45) is 9.62. The van der Waals surface area contributed by atoms with E-state index in [2.05, 4.69) is 30.3 Å². The topological polar surface area (TPSA) is 23.8 Å². The number of benzene rings is 1. The molecule has 1 unspecified atom stereocenters. The summed E-state index contributed by atoms with van der Waals surface area (Å²) in [4.78, 5) is 1.44. The van der Waals surface area contributed by atoms with Gasteiger partial charge >= 0.3 is 0 Å². The molecule has 0 bridgehead atoms. The van der Waals surface area contributed by atoms with Crippen LogP contribution >= 0.6 is 11.8 Å². The molecule has 0 radical (unpaired) electrons. The summed E-state index contributed by atoms with van der Waals surface area (Å²) < 4.78 is 0. The minimum atomic E-state index is -0.0315. The fourth-order valence-electron chi connectivity index (χ4n) is 3.57. The summed E-state index contributed by atoms with van der Waals surface area (Å²) in [7, 11) is 0. The molecule has 0 aromatic heterocycles. The second-order valence-electron chi connectivity index (χ2n) is 6.06. The first-order valence-corrected chi connectivity index (χ1v) is 8.35. The van der Waals surface area contributed by atoms with Crippen LogP contribution in [0.2, 0.25) is 0 Å². The van der Waals surface area contributed by atoms with Gasteiger partial charge in [-0.3, -0.25) is 0 Å². The molecule has 1 atom stereocenters. The SMILES string of the molecule is N#CC1(CC2Cc3ccccc3S2)CCCCCC1. The third-order valence-corrected chi connectivity index (χ3v) is 5.95. The zero-order valence-electron chi connectivity index (χ0n) is 11.4. The maximum atomic E-state index is 9.68. The third-order valence-electron chi connectivity index (χ3n) is 4.63. The lowest BCUT2D eigenvalue weighted by atomic mass is 9.77. The first-order valence-electron chi connectivity index (χ1n) is 7.47. The molecule has 1 aliphatic carbocycles. The Morgan fingerprint density at radius 1 is 1.16 bits per heavy atom. The molecule has 1 fully saturated rings. The van der Waals surface area contributed by atoms with E-state index in [1.165, 1.54) is 36.1 Å². The molecule has 1 heterocycles. The third kappa shape index (κ3) is 2.82. The van der Waals surface area contributed by atoms with E-state index in [1.54, 1.807) is 0 Å². The van der Waals surface area contributed by atoms with Crippen LogP contribution in [0.1, 0.15) is 50.5 Å². The Hall–Kier alpha value is -0.940. The zero-order valence-corrected chi connectivity index (χ0v) is 12.2. The van der Waals surface area contributed by atoms with E-state index in [9.17, 15) is 5.26 Å². The number of fused-ring (bicyclic) bond motifs is 1. The lowest BCUT2D eigenvalue weighted by Crippen LogP contribution is -2.23. The Balaban J connectivity index is 1.70. The van der Waals surface area contributed by atoms with E-state index < -0.39 is 0 Å². The number of rotatable bonds is 2. The van der Waals surface area contributed by atoms with Crippen molar-refractivity contribution in [3.8, 4) is 6.07 Å². The predicted octanol–water partition coefficient (Wildman–Crippen LogP) is 4.96. The molecule has 1 saturated carbocycles.